The number of aromatic nitrogens is 1. The van der Waals surface area contributed by atoms with Gasteiger partial charge in [-0.3, -0.25) is 10.1 Å². The van der Waals surface area contributed by atoms with E-state index in [-0.39, 0.29) is 12.2 Å². The van der Waals surface area contributed by atoms with E-state index in [0.29, 0.717) is 16.7 Å². The Hall–Kier alpha value is -3.37. The van der Waals surface area contributed by atoms with Gasteiger partial charge in [0.15, 0.2) is 5.13 Å². The standard InChI is InChI=1S/C19H15N3O3S/c1-13-4-2-3-5-17(13)24-12-16-7-6-15(25-16)10-14(11-20)18(23)22-19-21-8-9-26-19/h2-10H,12H2,1H3,(H,21,22,23)/b14-10-. The maximum absolute atomic E-state index is 12.1. The van der Waals surface area contributed by atoms with Crippen LogP contribution in [0.2, 0.25) is 0 Å². The van der Waals surface area contributed by atoms with Crippen LogP contribution in [-0.2, 0) is 11.4 Å². The first kappa shape index (κ1) is 17.5. The number of ether oxygens (including phenoxy) is 1. The number of aryl methyl sites for hydroxylation is 1. The molecular weight excluding hydrogens is 350 g/mol. The number of nitrogens with one attached hydrogen (secondary N) is 1. The SMILES string of the molecule is Cc1ccccc1OCc1ccc(/C=C(/C#N)C(=O)Nc2nccs2)o1. The van der Waals surface area contributed by atoms with E-state index in [4.69, 9.17) is 9.15 Å². The van der Waals surface area contributed by atoms with E-state index in [1.165, 1.54) is 17.4 Å². The second kappa shape index (κ2) is 8.14. The predicted molar refractivity (Wildman–Crippen MR) is 98.6 cm³/mol. The number of nitriles is 1. The number of amides is 1. The van der Waals surface area contributed by atoms with Crippen molar-refractivity contribution in [1.82, 2.24) is 4.98 Å². The lowest BCUT2D eigenvalue weighted by Gasteiger charge is -2.06. The highest BCUT2D eigenvalue weighted by molar-refractivity contribution is 7.13. The van der Waals surface area contributed by atoms with Crippen LogP contribution in [0.5, 0.6) is 5.75 Å². The molecule has 0 unspecified atom stereocenters. The molecule has 0 atom stereocenters. The number of hydrogen-bond acceptors (Lipinski definition) is 6. The van der Waals surface area contributed by atoms with E-state index in [9.17, 15) is 10.1 Å². The first-order valence-corrected chi connectivity index (χ1v) is 8.63. The Morgan fingerprint density at radius 3 is 2.96 bits per heavy atom. The lowest BCUT2D eigenvalue weighted by Crippen LogP contribution is -2.13. The van der Waals surface area contributed by atoms with Crippen LogP contribution in [-0.4, -0.2) is 10.9 Å². The molecule has 0 aliphatic rings. The van der Waals surface area contributed by atoms with E-state index in [1.807, 2.05) is 37.3 Å². The number of benzene rings is 1. The van der Waals surface area contributed by atoms with Gasteiger partial charge in [0.1, 0.15) is 35.5 Å². The minimum absolute atomic E-state index is 0.0686. The van der Waals surface area contributed by atoms with Crippen molar-refractivity contribution < 1.29 is 13.9 Å². The van der Waals surface area contributed by atoms with E-state index in [1.54, 1.807) is 23.7 Å². The lowest BCUT2D eigenvalue weighted by molar-refractivity contribution is -0.112. The van der Waals surface area contributed by atoms with Crippen molar-refractivity contribution in [2.24, 2.45) is 0 Å². The zero-order valence-electron chi connectivity index (χ0n) is 13.9. The third-order valence-electron chi connectivity index (χ3n) is 3.45. The van der Waals surface area contributed by atoms with Gasteiger partial charge in [-0.25, -0.2) is 4.98 Å². The van der Waals surface area contributed by atoms with Gasteiger partial charge in [-0.15, -0.1) is 11.3 Å². The van der Waals surface area contributed by atoms with Crippen LogP contribution >= 0.6 is 11.3 Å². The monoisotopic (exact) mass is 365 g/mol. The van der Waals surface area contributed by atoms with E-state index >= 15 is 0 Å². The molecule has 3 aromatic rings. The van der Waals surface area contributed by atoms with Crippen LogP contribution in [0.4, 0.5) is 5.13 Å². The molecule has 7 heteroatoms. The number of thiazole rings is 1. The average molecular weight is 365 g/mol. The van der Waals surface area contributed by atoms with Gasteiger partial charge in [0, 0.05) is 17.7 Å². The van der Waals surface area contributed by atoms with Gasteiger partial charge in [-0.05, 0) is 30.7 Å². The fourth-order valence-corrected chi connectivity index (χ4v) is 2.68. The summed E-state index contributed by atoms with van der Waals surface area (Å²) in [6, 6.07) is 13.0. The van der Waals surface area contributed by atoms with Gasteiger partial charge in [0.05, 0.1) is 0 Å². The summed E-state index contributed by atoms with van der Waals surface area (Å²) in [5.74, 6) is 1.24. The Morgan fingerprint density at radius 2 is 2.23 bits per heavy atom. The molecule has 3 rings (SSSR count). The predicted octanol–water partition coefficient (Wildman–Crippen LogP) is 4.17. The highest BCUT2D eigenvalue weighted by atomic mass is 32.1. The molecule has 130 valence electrons. The van der Waals surface area contributed by atoms with Crippen molar-refractivity contribution in [2.45, 2.75) is 13.5 Å². The molecule has 26 heavy (non-hydrogen) atoms. The van der Waals surface area contributed by atoms with Crippen LogP contribution in [0.3, 0.4) is 0 Å². The smallest absolute Gasteiger partial charge is 0.268 e. The molecular formula is C19H15N3O3S. The molecule has 0 aliphatic carbocycles. The summed E-state index contributed by atoms with van der Waals surface area (Å²) >= 11 is 1.28. The minimum Gasteiger partial charge on any atom is -0.485 e. The lowest BCUT2D eigenvalue weighted by atomic mass is 10.2. The number of carbonyl (C=O) groups excluding carboxylic acids is 1. The van der Waals surface area contributed by atoms with Crippen LogP contribution in [0.25, 0.3) is 6.08 Å². The first-order chi connectivity index (χ1) is 12.7. The van der Waals surface area contributed by atoms with Gasteiger partial charge < -0.3 is 9.15 Å². The van der Waals surface area contributed by atoms with Crippen molar-refractivity contribution >= 4 is 28.5 Å². The molecule has 0 bridgehead atoms. The normalized spacial score (nSPS) is 11.0. The van der Waals surface area contributed by atoms with Crippen molar-refractivity contribution in [3.63, 3.8) is 0 Å². The largest absolute Gasteiger partial charge is 0.485 e. The number of para-hydroxylation sites is 1. The Balaban J connectivity index is 1.66. The summed E-state index contributed by atoms with van der Waals surface area (Å²) in [5, 5.41) is 13.9. The molecule has 1 N–H and O–H groups in total. The van der Waals surface area contributed by atoms with Gasteiger partial charge in [0.25, 0.3) is 5.91 Å². The average Bonchev–Trinajstić information content (AvgIpc) is 3.30. The van der Waals surface area contributed by atoms with E-state index in [0.717, 1.165) is 11.3 Å². The zero-order valence-corrected chi connectivity index (χ0v) is 14.7. The molecule has 0 saturated carbocycles. The number of rotatable bonds is 6. The van der Waals surface area contributed by atoms with E-state index < -0.39 is 5.91 Å². The topological polar surface area (TPSA) is 88.1 Å². The summed E-state index contributed by atoms with van der Waals surface area (Å²) in [6.07, 6.45) is 2.96. The number of anilines is 1. The molecule has 0 radical (unpaired) electrons. The van der Waals surface area contributed by atoms with Crippen LogP contribution in [0.15, 0.2) is 58.0 Å². The van der Waals surface area contributed by atoms with Crippen molar-refractivity contribution in [2.75, 3.05) is 5.32 Å². The maximum atomic E-state index is 12.1. The summed E-state index contributed by atoms with van der Waals surface area (Å²) in [5.41, 5.74) is 0.964. The summed E-state index contributed by atoms with van der Waals surface area (Å²) in [4.78, 5) is 16.1. The molecule has 0 spiro atoms. The Labute approximate surface area is 154 Å². The summed E-state index contributed by atoms with van der Waals surface area (Å²) in [7, 11) is 0. The molecule has 0 aliphatic heterocycles. The Kier molecular flexibility index (Phi) is 5.46. The minimum atomic E-state index is -0.531. The molecule has 0 saturated heterocycles. The van der Waals surface area contributed by atoms with Gasteiger partial charge in [-0.2, -0.15) is 5.26 Å². The molecule has 2 aromatic heterocycles. The maximum Gasteiger partial charge on any atom is 0.268 e. The number of nitrogens with zero attached hydrogens (tertiary/aromatic N) is 2. The van der Waals surface area contributed by atoms with Gasteiger partial charge >= 0.3 is 0 Å². The molecule has 1 amide bonds. The van der Waals surface area contributed by atoms with Crippen molar-refractivity contribution in [1.29, 1.82) is 5.26 Å². The van der Waals surface area contributed by atoms with Crippen LogP contribution < -0.4 is 10.1 Å². The Bertz CT molecular complexity index is 968. The van der Waals surface area contributed by atoms with Crippen molar-refractivity contribution in [3.05, 3.63) is 70.6 Å². The van der Waals surface area contributed by atoms with E-state index in [2.05, 4.69) is 10.3 Å². The fourth-order valence-electron chi connectivity index (χ4n) is 2.16. The van der Waals surface area contributed by atoms with Crippen molar-refractivity contribution in [3.8, 4) is 11.8 Å². The molecule has 2 heterocycles. The molecule has 6 nitrogen and oxygen atoms in total. The summed E-state index contributed by atoms with van der Waals surface area (Å²) in [6.45, 7) is 2.22. The molecule has 0 fully saturated rings. The second-order valence-electron chi connectivity index (χ2n) is 5.32. The fraction of sp³-hybridized carbons (Fsp3) is 0.105. The number of carbonyl (C=O) groups is 1. The number of furan rings is 1. The number of hydrogen-bond donors (Lipinski definition) is 1. The first-order valence-electron chi connectivity index (χ1n) is 7.75. The van der Waals surface area contributed by atoms with Crippen LogP contribution in [0, 0.1) is 18.3 Å². The van der Waals surface area contributed by atoms with Gasteiger partial charge in [0.2, 0.25) is 0 Å². The zero-order chi connectivity index (χ0) is 18.4. The highest BCUT2D eigenvalue weighted by Crippen LogP contribution is 2.20. The third-order valence-corrected chi connectivity index (χ3v) is 4.14. The third kappa shape index (κ3) is 4.37. The second-order valence-corrected chi connectivity index (χ2v) is 6.21. The highest BCUT2D eigenvalue weighted by Gasteiger charge is 2.12. The quantitative estimate of drug-likeness (QED) is 0.523. The summed E-state index contributed by atoms with van der Waals surface area (Å²) < 4.78 is 11.3. The Morgan fingerprint density at radius 1 is 1.38 bits per heavy atom. The molecule has 1 aromatic carbocycles. The van der Waals surface area contributed by atoms with Gasteiger partial charge in [-0.1, -0.05) is 18.2 Å². The van der Waals surface area contributed by atoms with Crippen LogP contribution in [0.1, 0.15) is 17.1 Å².